The number of rotatable bonds is 7. The first-order valence-corrected chi connectivity index (χ1v) is 14.4. The van der Waals surface area contributed by atoms with Crippen molar-refractivity contribution in [3.63, 3.8) is 0 Å². The van der Waals surface area contributed by atoms with E-state index in [4.69, 9.17) is 0 Å². The summed E-state index contributed by atoms with van der Waals surface area (Å²) in [6.07, 6.45) is -3.48. The molecule has 0 bridgehead atoms. The predicted octanol–water partition coefficient (Wildman–Crippen LogP) is 5.06. The number of hydrogen-bond donors (Lipinski definition) is 0. The lowest BCUT2D eigenvalue weighted by atomic mass is 9.93. The van der Waals surface area contributed by atoms with E-state index in [2.05, 4.69) is 4.74 Å². The standard InChI is InChI=1S/C23H24F5NO6S2.CH4/c1-14(37(33,34)18-5-3-4-16(12-18)23(26,27)28)15-8-10-29(11-9-15)21(30)19-7-6-17(35-22(24)25)13-20(19)36(2,31)32;/h3-7,12-15,22H,8-11H2,1-2H3;1H4/t14-;/m1./s1. The first-order chi connectivity index (χ1) is 17.0. The number of piperidine rings is 1. The summed E-state index contributed by atoms with van der Waals surface area (Å²) >= 11 is 0. The first-order valence-electron chi connectivity index (χ1n) is 11.0. The van der Waals surface area contributed by atoms with E-state index in [0.717, 1.165) is 42.7 Å². The van der Waals surface area contributed by atoms with Gasteiger partial charge in [-0.2, -0.15) is 22.0 Å². The van der Waals surface area contributed by atoms with Crippen LogP contribution in [-0.2, 0) is 25.9 Å². The van der Waals surface area contributed by atoms with E-state index in [1.165, 1.54) is 11.8 Å². The number of carbonyl (C=O) groups excluding carboxylic acids is 1. The van der Waals surface area contributed by atoms with Gasteiger partial charge >= 0.3 is 12.8 Å². The second-order valence-electron chi connectivity index (χ2n) is 8.71. The van der Waals surface area contributed by atoms with Gasteiger partial charge in [0.1, 0.15) is 5.75 Å². The minimum atomic E-state index is -4.70. The van der Waals surface area contributed by atoms with Crippen molar-refractivity contribution in [3.8, 4) is 5.75 Å². The topological polar surface area (TPSA) is 97.8 Å². The Morgan fingerprint density at radius 3 is 2.16 bits per heavy atom. The molecular weight excluding hydrogens is 557 g/mol. The van der Waals surface area contributed by atoms with Crippen LogP contribution in [-0.4, -0.2) is 58.8 Å². The third kappa shape index (κ3) is 7.01. The van der Waals surface area contributed by atoms with Crippen LogP contribution in [0.2, 0.25) is 0 Å². The zero-order chi connectivity index (χ0) is 27.8. The minimum Gasteiger partial charge on any atom is -0.435 e. The average Bonchev–Trinajstić information content (AvgIpc) is 2.82. The number of alkyl halides is 5. The van der Waals surface area contributed by atoms with Gasteiger partial charge in [-0.1, -0.05) is 13.5 Å². The summed E-state index contributed by atoms with van der Waals surface area (Å²) in [5.74, 6) is -1.59. The smallest absolute Gasteiger partial charge is 0.416 e. The van der Waals surface area contributed by atoms with Crippen molar-refractivity contribution in [1.29, 1.82) is 0 Å². The molecule has 1 atom stereocenters. The van der Waals surface area contributed by atoms with Crippen molar-refractivity contribution in [2.24, 2.45) is 5.92 Å². The fraction of sp³-hybridized carbons (Fsp3) is 0.458. The minimum absolute atomic E-state index is 0. The molecule has 0 unspecified atom stereocenters. The maximum Gasteiger partial charge on any atom is 0.416 e. The van der Waals surface area contributed by atoms with Gasteiger partial charge < -0.3 is 9.64 Å². The van der Waals surface area contributed by atoms with Crippen molar-refractivity contribution in [3.05, 3.63) is 53.6 Å². The van der Waals surface area contributed by atoms with E-state index in [9.17, 15) is 43.6 Å². The second kappa shape index (κ2) is 11.6. The van der Waals surface area contributed by atoms with Gasteiger partial charge in [0.05, 0.1) is 26.2 Å². The van der Waals surface area contributed by atoms with E-state index < -0.39 is 70.6 Å². The normalized spacial score (nSPS) is 16.2. The number of nitrogens with zero attached hydrogens (tertiary/aromatic N) is 1. The number of sulfone groups is 2. The van der Waals surface area contributed by atoms with Gasteiger partial charge in [0.25, 0.3) is 5.91 Å². The van der Waals surface area contributed by atoms with E-state index in [-0.39, 0.29) is 38.9 Å². The Hall–Kier alpha value is -2.74. The Kier molecular flexibility index (Phi) is 9.58. The molecule has 0 aromatic heterocycles. The van der Waals surface area contributed by atoms with Crippen LogP contribution in [0.25, 0.3) is 0 Å². The largest absolute Gasteiger partial charge is 0.435 e. The zero-order valence-electron chi connectivity index (χ0n) is 19.7. The van der Waals surface area contributed by atoms with Gasteiger partial charge in [0.15, 0.2) is 19.7 Å². The monoisotopic (exact) mass is 585 g/mol. The summed E-state index contributed by atoms with van der Waals surface area (Å²) in [6, 6.07) is 6.47. The molecule has 2 aromatic carbocycles. The van der Waals surface area contributed by atoms with E-state index in [1.807, 2.05) is 0 Å². The number of benzene rings is 2. The maximum absolute atomic E-state index is 13.1. The van der Waals surface area contributed by atoms with E-state index in [1.54, 1.807) is 0 Å². The molecule has 0 saturated carbocycles. The van der Waals surface area contributed by atoms with Gasteiger partial charge in [0.2, 0.25) is 0 Å². The quantitative estimate of drug-likeness (QED) is 0.422. The molecule has 1 fully saturated rings. The van der Waals surface area contributed by atoms with Crippen LogP contribution in [0.5, 0.6) is 5.75 Å². The van der Waals surface area contributed by atoms with Crippen LogP contribution in [0.15, 0.2) is 52.3 Å². The summed E-state index contributed by atoms with van der Waals surface area (Å²) in [6.45, 7) is -1.67. The predicted molar refractivity (Wildman–Crippen MR) is 130 cm³/mol. The average molecular weight is 586 g/mol. The summed E-state index contributed by atoms with van der Waals surface area (Å²) in [4.78, 5) is 13.5. The molecule has 0 radical (unpaired) electrons. The van der Waals surface area contributed by atoms with Crippen LogP contribution in [0.4, 0.5) is 22.0 Å². The van der Waals surface area contributed by atoms with Gasteiger partial charge in [-0.15, -0.1) is 0 Å². The SMILES string of the molecule is C.C[C@H](C1CCN(C(=O)c2ccc(OC(F)F)cc2S(C)(=O)=O)CC1)S(=O)(=O)c1cccc(C(F)(F)F)c1. The number of amides is 1. The Balaban J connectivity index is 0.00000507. The van der Waals surface area contributed by atoms with Crippen LogP contribution < -0.4 is 4.74 Å². The highest BCUT2D eigenvalue weighted by molar-refractivity contribution is 7.92. The number of ether oxygens (including phenoxy) is 1. The Bertz CT molecular complexity index is 1370. The van der Waals surface area contributed by atoms with Crippen molar-refractivity contribution >= 4 is 25.6 Å². The Morgan fingerprint density at radius 2 is 1.63 bits per heavy atom. The van der Waals surface area contributed by atoms with Crippen LogP contribution >= 0.6 is 0 Å². The molecule has 1 aliphatic heterocycles. The molecule has 212 valence electrons. The number of halogens is 5. The second-order valence-corrected chi connectivity index (χ2v) is 13.0. The lowest BCUT2D eigenvalue weighted by molar-refractivity contribution is -0.137. The number of likely N-dealkylation sites (tertiary alicyclic amines) is 1. The number of hydrogen-bond acceptors (Lipinski definition) is 6. The van der Waals surface area contributed by atoms with E-state index >= 15 is 0 Å². The fourth-order valence-corrected chi connectivity index (χ4v) is 6.87. The lowest BCUT2D eigenvalue weighted by Gasteiger charge is -2.35. The number of carbonyl (C=O) groups is 1. The molecule has 0 spiro atoms. The van der Waals surface area contributed by atoms with Gasteiger partial charge in [-0.25, -0.2) is 16.8 Å². The maximum atomic E-state index is 13.1. The third-order valence-electron chi connectivity index (χ3n) is 6.28. The highest BCUT2D eigenvalue weighted by atomic mass is 32.2. The highest BCUT2D eigenvalue weighted by Crippen LogP contribution is 2.34. The molecule has 38 heavy (non-hydrogen) atoms. The Labute approximate surface area is 218 Å². The summed E-state index contributed by atoms with van der Waals surface area (Å²) < 4.78 is 119. The van der Waals surface area contributed by atoms with Crippen LogP contribution in [0.3, 0.4) is 0 Å². The summed E-state index contributed by atoms with van der Waals surface area (Å²) in [5.41, 5.74) is -1.32. The van der Waals surface area contributed by atoms with Crippen molar-refractivity contribution in [2.45, 2.75) is 55.0 Å². The van der Waals surface area contributed by atoms with Crippen molar-refractivity contribution in [2.75, 3.05) is 19.3 Å². The van der Waals surface area contributed by atoms with Gasteiger partial charge in [0, 0.05) is 19.3 Å². The molecule has 1 aliphatic rings. The molecule has 14 heteroatoms. The molecular formula is C24H28F5NO6S2. The van der Waals surface area contributed by atoms with Crippen molar-refractivity contribution in [1.82, 2.24) is 4.90 Å². The first kappa shape index (κ1) is 31.5. The van der Waals surface area contributed by atoms with E-state index in [0.29, 0.717) is 6.07 Å². The highest BCUT2D eigenvalue weighted by Gasteiger charge is 2.37. The van der Waals surface area contributed by atoms with Crippen LogP contribution in [0, 0.1) is 5.92 Å². The molecule has 1 heterocycles. The summed E-state index contributed by atoms with van der Waals surface area (Å²) in [7, 11) is -8.11. The lowest BCUT2D eigenvalue weighted by Crippen LogP contribution is -2.42. The molecule has 7 nitrogen and oxygen atoms in total. The molecule has 1 amide bonds. The summed E-state index contributed by atoms with van der Waals surface area (Å²) in [5, 5.41) is -1.04. The molecule has 2 aromatic rings. The van der Waals surface area contributed by atoms with Crippen molar-refractivity contribution < 1.29 is 48.3 Å². The van der Waals surface area contributed by atoms with Crippen LogP contribution in [0.1, 0.15) is 43.1 Å². The molecule has 1 saturated heterocycles. The zero-order valence-corrected chi connectivity index (χ0v) is 21.3. The third-order valence-corrected chi connectivity index (χ3v) is 9.69. The molecule has 0 aliphatic carbocycles. The Morgan fingerprint density at radius 1 is 1.03 bits per heavy atom. The van der Waals surface area contributed by atoms with Gasteiger partial charge in [-0.3, -0.25) is 4.79 Å². The van der Waals surface area contributed by atoms with Gasteiger partial charge in [-0.05, 0) is 62.1 Å². The molecule has 3 rings (SSSR count). The fourth-order valence-electron chi connectivity index (χ4n) is 4.22. The molecule has 0 N–H and O–H groups in total.